The second kappa shape index (κ2) is 12.3. The maximum Gasteiger partial charge on any atom is 0.0959 e. The second-order valence-corrected chi connectivity index (χ2v) is 11.2. The van der Waals surface area contributed by atoms with Crippen molar-refractivity contribution >= 4 is 11.4 Å². The van der Waals surface area contributed by atoms with Crippen LogP contribution >= 0.6 is 0 Å². The first kappa shape index (κ1) is 26.7. The van der Waals surface area contributed by atoms with E-state index in [1.807, 2.05) is 6.20 Å². The van der Waals surface area contributed by atoms with Crippen LogP contribution in [0.25, 0.3) is 5.70 Å². The highest BCUT2D eigenvalue weighted by atomic mass is 15.5. The van der Waals surface area contributed by atoms with Crippen molar-refractivity contribution in [3.05, 3.63) is 95.6 Å². The number of aryl methyl sites for hydroxylation is 1. The fourth-order valence-corrected chi connectivity index (χ4v) is 5.35. The lowest BCUT2D eigenvalue weighted by molar-refractivity contribution is 0.212. The second-order valence-electron chi connectivity index (χ2n) is 11.2. The molecule has 37 heavy (non-hydrogen) atoms. The summed E-state index contributed by atoms with van der Waals surface area (Å²) in [6.07, 6.45) is 10.1. The highest BCUT2D eigenvalue weighted by molar-refractivity contribution is 5.62. The lowest BCUT2D eigenvalue weighted by Crippen LogP contribution is -2.38. The van der Waals surface area contributed by atoms with Crippen LogP contribution in [0, 0.1) is 18.8 Å². The average Bonchev–Trinajstić information content (AvgIpc) is 2.91. The SMILES string of the molecule is C=C(Nc1ccc2c(c1)CC(=C)N(N/C=C(\N)c1ccc(C)cc1)CC(C)[C@H](C)C2)NC1CCCCC1. The molecule has 5 heteroatoms. The molecule has 1 heterocycles. The standard InChI is InChI=1S/C32H45N5/c1-22-11-13-27(14-12-22)32(33)20-34-37-21-24(3)23(2)17-28-15-16-31(19-29(28)18-25(37)4)36-26(5)35-30-9-7-6-8-10-30/h11-16,19-20,23-24,30,34-36H,4-10,17-18,21,33H2,1-3H3/b32-20-/t23-,24?/m1/s1. The van der Waals surface area contributed by atoms with Gasteiger partial charge in [0.2, 0.25) is 0 Å². The highest BCUT2D eigenvalue weighted by Crippen LogP contribution is 2.28. The van der Waals surface area contributed by atoms with Gasteiger partial charge in [-0.1, -0.05) is 82.2 Å². The van der Waals surface area contributed by atoms with Crippen LogP contribution in [-0.4, -0.2) is 17.6 Å². The maximum atomic E-state index is 6.40. The van der Waals surface area contributed by atoms with E-state index in [-0.39, 0.29) is 0 Å². The number of nitrogens with one attached hydrogen (secondary N) is 3. The summed E-state index contributed by atoms with van der Waals surface area (Å²) in [6.45, 7) is 16.3. The van der Waals surface area contributed by atoms with Crippen LogP contribution in [0.15, 0.2) is 73.3 Å². The third kappa shape index (κ3) is 7.34. The number of hydrogen-bond donors (Lipinski definition) is 4. The summed E-state index contributed by atoms with van der Waals surface area (Å²) in [6, 6.07) is 15.5. The summed E-state index contributed by atoms with van der Waals surface area (Å²) in [5.74, 6) is 1.91. The Hall–Kier alpha value is -3.34. The van der Waals surface area contributed by atoms with Gasteiger partial charge in [-0.05, 0) is 66.8 Å². The molecule has 0 saturated heterocycles. The van der Waals surface area contributed by atoms with E-state index in [4.69, 9.17) is 5.73 Å². The Kier molecular flexibility index (Phi) is 8.86. The highest BCUT2D eigenvalue weighted by Gasteiger charge is 2.22. The van der Waals surface area contributed by atoms with Gasteiger partial charge in [-0.15, -0.1) is 0 Å². The molecule has 1 saturated carbocycles. The predicted octanol–water partition coefficient (Wildman–Crippen LogP) is 6.45. The van der Waals surface area contributed by atoms with Crippen LogP contribution in [0.2, 0.25) is 0 Å². The molecule has 2 aliphatic rings. The van der Waals surface area contributed by atoms with Crippen molar-refractivity contribution in [1.82, 2.24) is 15.8 Å². The van der Waals surface area contributed by atoms with E-state index in [1.165, 1.54) is 48.8 Å². The van der Waals surface area contributed by atoms with E-state index in [0.717, 1.165) is 42.2 Å². The van der Waals surface area contributed by atoms with E-state index in [0.29, 0.717) is 23.6 Å². The lowest BCUT2D eigenvalue weighted by Gasteiger charge is -2.30. The molecule has 2 aromatic carbocycles. The molecule has 0 spiro atoms. The van der Waals surface area contributed by atoms with Crippen LogP contribution < -0.4 is 21.8 Å². The summed E-state index contributed by atoms with van der Waals surface area (Å²) in [4.78, 5) is 0. The van der Waals surface area contributed by atoms with Crippen molar-refractivity contribution in [3.63, 3.8) is 0 Å². The Morgan fingerprint density at radius 1 is 1.00 bits per heavy atom. The Morgan fingerprint density at radius 2 is 1.73 bits per heavy atom. The Labute approximate surface area is 223 Å². The maximum absolute atomic E-state index is 6.40. The molecule has 1 fully saturated rings. The van der Waals surface area contributed by atoms with Crippen molar-refractivity contribution in [3.8, 4) is 0 Å². The molecule has 2 atom stereocenters. The van der Waals surface area contributed by atoms with Crippen molar-refractivity contribution in [2.45, 2.75) is 71.8 Å². The minimum atomic E-state index is 0.487. The normalized spacial score (nSPS) is 21.3. The largest absolute Gasteiger partial charge is 0.397 e. The van der Waals surface area contributed by atoms with Crippen LogP contribution in [0.4, 0.5) is 5.69 Å². The summed E-state index contributed by atoms with van der Waals surface area (Å²) in [5.41, 5.74) is 17.6. The molecule has 1 unspecified atom stereocenters. The monoisotopic (exact) mass is 499 g/mol. The minimum absolute atomic E-state index is 0.487. The molecule has 198 valence electrons. The van der Waals surface area contributed by atoms with Crippen molar-refractivity contribution in [2.24, 2.45) is 17.6 Å². The summed E-state index contributed by atoms with van der Waals surface area (Å²) < 4.78 is 0. The van der Waals surface area contributed by atoms with Gasteiger partial charge in [-0.25, -0.2) is 0 Å². The lowest BCUT2D eigenvalue weighted by atomic mass is 9.88. The first-order valence-electron chi connectivity index (χ1n) is 13.9. The quantitative estimate of drug-likeness (QED) is 0.353. The van der Waals surface area contributed by atoms with Crippen molar-refractivity contribution < 1.29 is 0 Å². The fourth-order valence-electron chi connectivity index (χ4n) is 5.35. The fraction of sp³-hybridized carbons (Fsp3) is 0.438. The predicted molar refractivity (Wildman–Crippen MR) is 157 cm³/mol. The van der Waals surface area contributed by atoms with E-state index < -0.39 is 0 Å². The van der Waals surface area contributed by atoms with Gasteiger partial charge >= 0.3 is 0 Å². The molecular weight excluding hydrogens is 454 g/mol. The first-order valence-corrected chi connectivity index (χ1v) is 13.9. The number of benzene rings is 2. The molecule has 0 aromatic heterocycles. The number of fused-ring (bicyclic) bond motifs is 1. The third-order valence-corrected chi connectivity index (χ3v) is 8.01. The van der Waals surface area contributed by atoms with Gasteiger partial charge in [0.25, 0.3) is 0 Å². The molecule has 0 radical (unpaired) electrons. The summed E-state index contributed by atoms with van der Waals surface area (Å²) in [7, 11) is 0. The zero-order valence-corrected chi connectivity index (χ0v) is 22.9. The van der Waals surface area contributed by atoms with Gasteiger partial charge in [-0.3, -0.25) is 5.01 Å². The average molecular weight is 500 g/mol. The van der Waals surface area contributed by atoms with Crippen LogP contribution in [-0.2, 0) is 12.8 Å². The van der Waals surface area contributed by atoms with Crippen LogP contribution in [0.5, 0.6) is 0 Å². The van der Waals surface area contributed by atoms with E-state index in [9.17, 15) is 0 Å². The van der Waals surface area contributed by atoms with Crippen molar-refractivity contribution in [2.75, 3.05) is 11.9 Å². The summed E-state index contributed by atoms with van der Waals surface area (Å²) >= 11 is 0. The number of hydrazine groups is 1. The van der Waals surface area contributed by atoms with Crippen LogP contribution in [0.3, 0.4) is 0 Å². The van der Waals surface area contributed by atoms with Gasteiger partial charge < -0.3 is 21.8 Å². The molecule has 5 N–H and O–H groups in total. The van der Waals surface area contributed by atoms with Crippen molar-refractivity contribution in [1.29, 1.82) is 0 Å². The number of nitrogens with zero attached hydrogens (tertiary/aromatic N) is 1. The zero-order valence-electron chi connectivity index (χ0n) is 22.9. The van der Waals surface area contributed by atoms with Gasteiger partial charge in [-0.2, -0.15) is 0 Å². The van der Waals surface area contributed by atoms with Crippen LogP contribution in [0.1, 0.15) is 68.2 Å². The molecule has 5 nitrogen and oxygen atoms in total. The molecule has 4 rings (SSSR count). The van der Waals surface area contributed by atoms with Gasteiger partial charge in [0.15, 0.2) is 0 Å². The van der Waals surface area contributed by atoms with Gasteiger partial charge in [0.05, 0.1) is 11.5 Å². The van der Waals surface area contributed by atoms with E-state index in [2.05, 4.69) is 97.5 Å². The molecule has 1 aliphatic heterocycles. The van der Waals surface area contributed by atoms with Gasteiger partial charge in [0, 0.05) is 36.6 Å². The first-order chi connectivity index (χ1) is 17.8. The van der Waals surface area contributed by atoms with Gasteiger partial charge in [0.1, 0.15) is 0 Å². The van der Waals surface area contributed by atoms with E-state index >= 15 is 0 Å². The third-order valence-electron chi connectivity index (χ3n) is 8.01. The topological polar surface area (TPSA) is 65.3 Å². The minimum Gasteiger partial charge on any atom is -0.397 e. The number of allylic oxidation sites excluding steroid dienone is 1. The smallest absolute Gasteiger partial charge is 0.0959 e. The Bertz CT molecular complexity index is 1110. The Morgan fingerprint density at radius 3 is 2.46 bits per heavy atom. The molecule has 0 bridgehead atoms. The molecule has 1 aliphatic carbocycles. The number of anilines is 1. The number of rotatable bonds is 7. The molecule has 2 aromatic rings. The van der Waals surface area contributed by atoms with E-state index in [1.54, 1.807) is 0 Å². The molecule has 0 amide bonds. The summed E-state index contributed by atoms with van der Waals surface area (Å²) in [5, 5.41) is 9.27. The molecular formula is C32H45N5. The number of nitrogens with two attached hydrogens (primary N) is 1. The zero-order chi connectivity index (χ0) is 26.4. The Balaban J connectivity index is 1.48. The number of hydrogen-bond acceptors (Lipinski definition) is 5.